The molecule has 1 aromatic heterocycles. The van der Waals surface area contributed by atoms with Crippen LogP contribution in [-0.4, -0.2) is 80.6 Å². The van der Waals surface area contributed by atoms with Gasteiger partial charge in [0.2, 0.25) is 0 Å². The molecule has 0 bridgehead atoms. The van der Waals surface area contributed by atoms with Crippen LogP contribution in [0, 0.1) is 5.82 Å². The summed E-state index contributed by atoms with van der Waals surface area (Å²) in [6.45, 7) is 4.38. The lowest BCUT2D eigenvalue weighted by Gasteiger charge is -2.32. The maximum atomic E-state index is 14.6. The molecule has 0 spiro atoms. The largest absolute Gasteiger partial charge is 0.497 e. The highest BCUT2D eigenvalue weighted by Crippen LogP contribution is 2.29. The molecular formula is C28H41Cl3FN5O3. The summed E-state index contributed by atoms with van der Waals surface area (Å²) in [5, 5.41) is 14.4. The summed E-state index contributed by atoms with van der Waals surface area (Å²) in [7, 11) is 7.35. The summed E-state index contributed by atoms with van der Waals surface area (Å²) < 4.78 is 30.9. The Balaban J connectivity index is 0.00000267. The number of methoxy groups -OCH3 is 2. The summed E-state index contributed by atoms with van der Waals surface area (Å²) in [5.74, 6) is 1.57. The van der Waals surface area contributed by atoms with Gasteiger partial charge in [0.15, 0.2) is 17.4 Å². The van der Waals surface area contributed by atoms with E-state index in [4.69, 9.17) is 14.2 Å². The number of hydrogen-bond acceptors (Lipinski definition) is 8. The van der Waals surface area contributed by atoms with Gasteiger partial charge in [-0.1, -0.05) is 6.07 Å². The molecule has 224 valence electrons. The second-order valence-corrected chi connectivity index (χ2v) is 9.80. The highest BCUT2D eigenvalue weighted by Gasteiger charge is 2.21. The number of piperidine rings is 1. The zero-order valence-electron chi connectivity index (χ0n) is 23.5. The van der Waals surface area contributed by atoms with Gasteiger partial charge in [-0.25, -0.2) is 4.39 Å². The molecular weight excluding hydrogens is 580 g/mol. The van der Waals surface area contributed by atoms with E-state index in [1.807, 2.05) is 38.4 Å². The third-order valence-electron chi connectivity index (χ3n) is 6.68. The minimum absolute atomic E-state index is 0. The molecule has 0 saturated carbocycles. The van der Waals surface area contributed by atoms with Gasteiger partial charge >= 0.3 is 0 Å². The Morgan fingerprint density at radius 1 is 1.00 bits per heavy atom. The number of ether oxygens (including phenoxy) is 3. The predicted octanol–water partition coefficient (Wildman–Crippen LogP) is 5.60. The average molecular weight is 621 g/mol. The number of likely N-dealkylation sites (tertiary alicyclic amines) is 1. The maximum Gasteiger partial charge on any atom is 0.165 e. The zero-order valence-corrected chi connectivity index (χ0v) is 26.0. The Labute approximate surface area is 255 Å². The van der Waals surface area contributed by atoms with E-state index in [-0.39, 0.29) is 49.1 Å². The van der Waals surface area contributed by atoms with Crippen LogP contribution in [0.5, 0.6) is 11.5 Å². The first kappa shape index (κ1) is 35.9. The normalized spacial score (nSPS) is 13.8. The van der Waals surface area contributed by atoms with Crippen molar-refractivity contribution in [3.8, 4) is 11.5 Å². The van der Waals surface area contributed by atoms with Gasteiger partial charge < -0.3 is 24.4 Å². The zero-order chi connectivity index (χ0) is 26.2. The van der Waals surface area contributed by atoms with Crippen LogP contribution < -0.4 is 14.8 Å². The van der Waals surface area contributed by atoms with Crippen LogP contribution in [-0.2, 0) is 17.9 Å². The van der Waals surface area contributed by atoms with E-state index in [1.54, 1.807) is 26.4 Å². The smallest absolute Gasteiger partial charge is 0.165 e. The summed E-state index contributed by atoms with van der Waals surface area (Å²) in [4.78, 5) is 4.45. The van der Waals surface area contributed by atoms with Crippen molar-refractivity contribution in [1.82, 2.24) is 20.0 Å². The molecule has 2 aromatic carbocycles. The first-order valence-corrected chi connectivity index (χ1v) is 12.8. The third-order valence-corrected chi connectivity index (χ3v) is 6.68. The minimum atomic E-state index is -0.295. The number of nitrogens with zero attached hydrogens (tertiary/aromatic N) is 4. The second kappa shape index (κ2) is 17.6. The number of fused-ring (bicyclic) bond motifs is 1. The molecule has 0 atom stereocenters. The van der Waals surface area contributed by atoms with Gasteiger partial charge in [-0.2, -0.15) is 5.10 Å². The van der Waals surface area contributed by atoms with Crippen LogP contribution >= 0.6 is 37.2 Å². The van der Waals surface area contributed by atoms with Gasteiger partial charge in [-0.05, 0) is 69.3 Å². The maximum absolute atomic E-state index is 14.6. The molecule has 1 saturated heterocycles. The molecule has 0 amide bonds. The molecule has 0 aliphatic carbocycles. The van der Waals surface area contributed by atoms with Crippen molar-refractivity contribution in [2.45, 2.75) is 38.5 Å². The highest BCUT2D eigenvalue weighted by atomic mass is 35.5. The number of nitrogens with one attached hydrogen (secondary N) is 1. The molecule has 40 heavy (non-hydrogen) atoms. The summed E-state index contributed by atoms with van der Waals surface area (Å²) in [6, 6.07) is 11.5. The Morgan fingerprint density at radius 3 is 2.40 bits per heavy atom. The van der Waals surface area contributed by atoms with Crippen LogP contribution in [0.15, 0.2) is 36.4 Å². The minimum Gasteiger partial charge on any atom is -0.497 e. The summed E-state index contributed by atoms with van der Waals surface area (Å²) in [5.41, 5.74) is 1.76. The van der Waals surface area contributed by atoms with Crippen molar-refractivity contribution in [1.29, 1.82) is 0 Å². The molecule has 8 nitrogen and oxygen atoms in total. The summed E-state index contributed by atoms with van der Waals surface area (Å²) in [6.07, 6.45) is 2.79. The molecule has 1 aliphatic rings. The van der Waals surface area contributed by atoms with Crippen molar-refractivity contribution in [3.63, 3.8) is 0 Å². The third kappa shape index (κ3) is 9.75. The van der Waals surface area contributed by atoms with Gasteiger partial charge in [0.05, 0.1) is 26.0 Å². The Hall–Kier alpha value is -2.14. The lowest BCUT2D eigenvalue weighted by Crippen LogP contribution is -2.38. The number of hydrogen-bond donors (Lipinski definition) is 1. The Kier molecular flexibility index (Phi) is 15.8. The molecule has 12 heteroatoms. The van der Waals surface area contributed by atoms with E-state index in [1.165, 1.54) is 0 Å². The van der Waals surface area contributed by atoms with E-state index in [0.717, 1.165) is 79.0 Å². The monoisotopic (exact) mass is 619 g/mol. The number of anilines is 1. The van der Waals surface area contributed by atoms with E-state index >= 15 is 0 Å². The molecule has 1 aliphatic heterocycles. The standard InChI is InChI=1S/C28H38FN5O3.3ClH/c1-33(2)12-5-15-37-27-9-6-20(16-25(27)29)18-34-13-10-21(11-14-34)30-28-24-17-22(36-4)7-8-23(24)26(19-35-3)31-32-28;;;/h6-9,16-17,21H,5,10-15,18-19H2,1-4H3,(H,30,32);3*1H. The van der Waals surface area contributed by atoms with Crippen molar-refractivity contribution in [3.05, 3.63) is 53.5 Å². The fourth-order valence-corrected chi connectivity index (χ4v) is 4.68. The van der Waals surface area contributed by atoms with Gasteiger partial charge in [-0.3, -0.25) is 4.90 Å². The average Bonchev–Trinajstić information content (AvgIpc) is 2.90. The topological polar surface area (TPSA) is 72.0 Å². The lowest BCUT2D eigenvalue weighted by atomic mass is 10.0. The second-order valence-electron chi connectivity index (χ2n) is 9.80. The first-order valence-electron chi connectivity index (χ1n) is 12.8. The predicted molar refractivity (Wildman–Crippen MR) is 166 cm³/mol. The number of rotatable bonds is 12. The van der Waals surface area contributed by atoms with Crippen LogP contribution in [0.4, 0.5) is 10.2 Å². The molecule has 3 aromatic rings. The van der Waals surface area contributed by atoms with Crippen molar-refractivity contribution in [2.24, 2.45) is 0 Å². The van der Waals surface area contributed by atoms with Gasteiger partial charge in [0.25, 0.3) is 0 Å². The van der Waals surface area contributed by atoms with Gasteiger partial charge in [0, 0.05) is 50.1 Å². The van der Waals surface area contributed by atoms with Crippen molar-refractivity contribution in [2.75, 3.05) is 59.9 Å². The van der Waals surface area contributed by atoms with E-state index in [0.29, 0.717) is 19.0 Å². The number of halogens is 4. The number of aromatic nitrogens is 2. The van der Waals surface area contributed by atoms with Gasteiger partial charge in [-0.15, -0.1) is 42.3 Å². The lowest BCUT2D eigenvalue weighted by molar-refractivity contribution is 0.182. The highest BCUT2D eigenvalue weighted by molar-refractivity contribution is 5.94. The first-order chi connectivity index (χ1) is 18.0. The molecule has 1 fully saturated rings. The van der Waals surface area contributed by atoms with Gasteiger partial charge in [0.1, 0.15) is 5.75 Å². The Morgan fingerprint density at radius 2 is 1.75 bits per heavy atom. The van der Waals surface area contributed by atoms with E-state index in [9.17, 15) is 4.39 Å². The van der Waals surface area contributed by atoms with Crippen LogP contribution in [0.3, 0.4) is 0 Å². The van der Waals surface area contributed by atoms with E-state index in [2.05, 4.69) is 25.3 Å². The quantitative estimate of drug-likeness (QED) is 0.263. The molecule has 2 heterocycles. The van der Waals surface area contributed by atoms with Crippen molar-refractivity contribution < 1.29 is 18.6 Å². The van der Waals surface area contributed by atoms with Crippen molar-refractivity contribution >= 4 is 53.8 Å². The molecule has 0 radical (unpaired) electrons. The SMILES string of the molecule is COCc1nnc(NC2CCN(Cc3ccc(OCCCN(C)C)c(F)c3)CC2)c2cc(OC)ccc12.Cl.Cl.Cl. The number of benzene rings is 2. The molecule has 0 unspecified atom stereocenters. The molecule has 1 N–H and O–H groups in total. The van der Waals surface area contributed by atoms with Crippen LogP contribution in [0.1, 0.15) is 30.5 Å². The van der Waals surface area contributed by atoms with Crippen LogP contribution in [0.25, 0.3) is 10.8 Å². The Bertz CT molecular complexity index is 1180. The van der Waals surface area contributed by atoms with Crippen LogP contribution in [0.2, 0.25) is 0 Å². The fraction of sp³-hybridized carbons (Fsp3) is 0.500. The fourth-order valence-electron chi connectivity index (χ4n) is 4.68. The summed E-state index contributed by atoms with van der Waals surface area (Å²) >= 11 is 0. The van der Waals surface area contributed by atoms with E-state index < -0.39 is 0 Å². The molecule has 4 rings (SSSR count).